The van der Waals surface area contributed by atoms with E-state index < -0.39 is 0 Å². The van der Waals surface area contributed by atoms with Gasteiger partial charge in [0.25, 0.3) is 0 Å². The van der Waals surface area contributed by atoms with E-state index in [1.54, 1.807) is 19.2 Å². The minimum absolute atomic E-state index is 0.208. The van der Waals surface area contributed by atoms with Crippen molar-refractivity contribution >= 4 is 16.9 Å². The van der Waals surface area contributed by atoms with Crippen LogP contribution in [0.2, 0.25) is 0 Å². The van der Waals surface area contributed by atoms with Crippen molar-refractivity contribution in [3.63, 3.8) is 0 Å². The molecule has 27 heavy (non-hydrogen) atoms. The third-order valence-corrected chi connectivity index (χ3v) is 5.19. The highest BCUT2D eigenvalue weighted by atomic mass is 19.1. The van der Waals surface area contributed by atoms with Gasteiger partial charge in [-0.05, 0) is 44.0 Å². The second-order valence-electron chi connectivity index (χ2n) is 7.14. The molecule has 1 fully saturated rings. The quantitative estimate of drug-likeness (QED) is 0.535. The molecule has 1 aliphatic heterocycles. The molecular weight excluding hydrogens is 345 g/mol. The summed E-state index contributed by atoms with van der Waals surface area (Å²) in [7, 11) is 1.78. The van der Waals surface area contributed by atoms with Crippen LogP contribution in [0.3, 0.4) is 0 Å². The van der Waals surface area contributed by atoms with Gasteiger partial charge in [-0.15, -0.1) is 0 Å². The zero-order valence-corrected chi connectivity index (χ0v) is 16.4. The highest BCUT2D eigenvalue weighted by Crippen LogP contribution is 2.19. The molecule has 1 aliphatic rings. The van der Waals surface area contributed by atoms with Crippen molar-refractivity contribution in [2.24, 2.45) is 4.99 Å². The zero-order valence-electron chi connectivity index (χ0n) is 16.4. The van der Waals surface area contributed by atoms with Gasteiger partial charge in [0, 0.05) is 55.9 Å². The van der Waals surface area contributed by atoms with Crippen molar-refractivity contribution in [1.82, 2.24) is 20.5 Å². The largest absolute Gasteiger partial charge is 0.379 e. The number of guanidine groups is 1. The summed E-state index contributed by atoms with van der Waals surface area (Å²) in [5.41, 5.74) is 2.06. The van der Waals surface area contributed by atoms with Gasteiger partial charge in [-0.1, -0.05) is 0 Å². The molecule has 2 unspecified atom stereocenters. The van der Waals surface area contributed by atoms with Crippen LogP contribution in [0.5, 0.6) is 0 Å². The van der Waals surface area contributed by atoms with Crippen LogP contribution in [-0.4, -0.2) is 67.8 Å². The Morgan fingerprint density at radius 1 is 1.44 bits per heavy atom. The second kappa shape index (κ2) is 9.19. The predicted molar refractivity (Wildman–Crippen MR) is 108 cm³/mol. The van der Waals surface area contributed by atoms with Crippen LogP contribution < -0.4 is 10.6 Å². The van der Waals surface area contributed by atoms with E-state index in [1.165, 1.54) is 6.07 Å². The van der Waals surface area contributed by atoms with Crippen LogP contribution in [0.15, 0.2) is 29.4 Å². The number of fused-ring (bicyclic) bond motifs is 1. The monoisotopic (exact) mass is 375 g/mol. The molecule has 3 rings (SSSR count). The maximum absolute atomic E-state index is 13.5. The van der Waals surface area contributed by atoms with E-state index in [1.807, 2.05) is 6.20 Å². The van der Waals surface area contributed by atoms with Crippen LogP contribution in [0.25, 0.3) is 10.9 Å². The Morgan fingerprint density at radius 3 is 3.07 bits per heavy atom. The standard InChI is InChI=1S/C20H30FN5O/c1-14(26-8-9-27-13-15(26)2)11-25-20(22-3)23-7-6-16-12-24-19-5-4-17(21)10-18(16)19/h4-5,10,12,14-15,24H,6-9,11,13H2,1-3H3,(H2,22,23,25). The Balaban J connectivity index is 1.47. The number of halogens is 1. The first-order valence-electron chi connectivity index (χ1n) is 9.62. The molecule has 0 aliphatic carbocycles. The summed E-state index contributed by atoms with van der Waals surface area (Å²) in [5, 5.41) is 7.69. The van der Waals surface area contributed by atoms with Crippen molar-refractivity contribution in [2.75, 3.05) is 39.9 Å². The van der Waals surface area contributed by atoms with Gasteiger partial charge in [0.2, 0.25) is 0 Å². The maximum atomic E-state index is 13.5. The topological polar surface area (TPSA) is 64.7 Å². The van der Waals surface area contributed by atoms with E-state index in [0.717, 1.165) is 61.7 Å². The fourth-order valence-corrected chi connectivity index (χ4v) is 3.65. The molecule has 2 aromatic rings. The maximum Gasteiger partial charge on any atom is 0.191 e. The summed E-state index contributed by atoms with van der Waals surface area (Å²) < 4.78 is 19.0. The van der Waals surface area contributed by atoms with Crippen molar-refractivity contribution in [2.45, 2.75) is 32.4 Å². The number of hydrogen-bond acceptors (Lipinski definition) is 3. The van der Waals surface area contributed by atoms with Crippen molar-refractivity contribution < 1.29 is 9.13 Å². The van der Waals surface area contributed by atoms with Gasteiger partial charge in [0.05, 0.1) is 13.2 Å². The minimum Gasteiger partial charge on any atom is -0.379 e. The molecule has 148 valence electrons. The fraction of sp³-hybridized carbons (Fsp3) is 0.550. The van der Waals surface area contributed by atoms with Gasteiger partial charge >= 0.3 is 0 Å². The molecule has 0 spiro atoms. The molecule has 0 bridgehead atoms. The van der Waals surface area contributed by atoms with Crippen LogP contribution >= 0.6 is 0 Å². The molecule has 1 saturated heterocycles. The first-order chi connectivity index (χ1) is 13.1. The number of aliphatic imine (C=N–C) groups is 1. The Morgan fingerprint density at radius 2 is 2.30 bits per heavy atom. The molecule has 0 amide bonds. The number of aromatic nitrogens is 1. The molecule has 1 aromatic heterocycles. The number of aromatic amines is 1. The Bertz CT molecular complexity index is 775. The van der Waals surface area contributed by atoms with E-state index in [2.05, 4.69) is 39.4 Å². The molecule has 2 heterocycles. The lowest BCUT2D eigenvalue weighted by atomic mass is 10.1. The fourth-order valence-electron chi connectivity index (χ4n) is 3.65. The second-order valence-corrected chi connectivity index (χ2v) is 7.14. The van der Waals surface area contributed by atoms with Crippen LogP contribution in [0.1, 0.15) is 19.4 Å². The average molecular weight is 375 g/mol. The van der Waals surface area contributed by atoms with Gasteiger partial charge in [-0.25, -0.2) is 4.39 Å². The molecule has 6 nitrogen and oxygen atoms in total. The van der Waals surface area contributed by atoms with E-state index >= 15 is 0 Å². The first-order valence-corrected chi connectivity index (χ1v) is 9.62. The molecule has 1 aromatic carbocycles. The normalized spacial score (nSPS) is 20.0. The lowest BCUT2D eigenvalue weighted by Crippen LogP contribution is -2.53. The summed E-state index contributed by atoms with van der Waals surface area (Å²) in [5.74, 6) is 0.578. The zero-order chi connectivity index (χ0) is 19.2. The number of nitrogens with zero attached hydrogens (tertiary/aromatic N) is 2. The van der Waals surface area contributed by atoms with Crippen molar-refractivity contribution in [3.8, 4) is 0 Å². The summed E-state index contributed by atoms with van der Waals surface area (Å²) in [6.07, 6.45) is 2.74. The molecule has 0 saturated carbocycles. The predicted octanol–water partition coefficient (Wildman–Crippen LogP) is 2.12. The lowest BCUT2D eigenvalue weighted by Gasteiger charge is -2.38. The summed E-state index contributed by atoms with van der Waals surface area (Å²) >= 11 is 0. The third-order valence-electron chi connectivity index (χ3n) is 5.19. The molecule has 7 heteroatoms. The summed E-state index contributed by atoms with van der Waals surface area (Å²) in [6.45, 7) is 8.53. The summed E-state index contributed by atoms with van der Waals surface area (Å²) in [6, 6.07) is 5.67. The summed E-state index contributed by atoms with van der Waals surface area (Å²) in [4.78, 5) is 9.96. The number of hydrogen-bond donors (Lipinski definition) is 3. The Labute approximate surface area is 160 Å². The van der Waals surface area contributed by atoms with Crippen molar-refractivity contribution in [1.29, 1.82) is 0 Å². The van der Waals surface area contributed by atoms with Gasteiger partial charge in [0.1, 0.15) is 5.82 Å². The number of nitrogens with one attached hydrogen (secondary N) is 3. The number of benzene rings is 1. The Hall–Kier alpha value is -2.12. The van der Waals surface area contributed by atoms with E-state index in [4.69, 9.17) is 4.74 Å². The van der Waals surface area contributed by atoms with Gasteiger partial charge < -0.3 is 20.4 Å². The van der Waals surface area contributed by atoms with Gasteiger partial charge in [-0.3, -0.25) is 9.89 Å². The van der Waals surface area contributed by atoms with Gasteiger partial charge in [0.15, 0.2) is 5.96 Å². The average Bonchev–Trinajstić information content (AvgIpc) is 3.06. The smallest absolute Gasteiger partial charge is 0.191 e. The Kier molecular flexibility index (Phi) is 6.68. The number of ether oxygens (including phenoxy) is 1. The number of rotatable bonds is 6. The highest BCUT2D eigenvalue weighted by molar-refractivity contribution is 5.83. The third kappa shape index (κ3) is 4.99. The van der Waals surface area contributed by atoms with Crippen LogP contribution in [-0.2, 0) is 11.2 Å². The lowest BCUT2D eigenvalue weighted by molar-refractivity contribution is -0.0174. The number of H-pyrrole nitrogens is 1. The van der Waals surface area contributed by atoms with E-state index in [9.17, 15) is 4.39 Å². The van der Waals surface area contributed by atoms with Gasteiger partial charge in [-0.2, -0.15) is 0 Å². The van der Waals surface area contributed by atoms with Crippen molar-refractivity contribution in [3.05, 3.63) is 35.8 Å². The minimum atomic E-state index is -0.208. The molecule has 2 atom stereocenters. The molecule has 3 N–H and O–H groups in total. The van der Waals surface area contributed by atoms with Crippen LogP contribution in [0, 0.1) is 5.82 Å². The van der Waals surface area contributed by atoms with Crippen LogP contribution in [0.4, 0.5) is 4.39 Å². The molecule has 0 radical (unpaired) electrons. The SMILES string of the molecule is CN=C(NCCc1c[nH]c2ccc(F)cc12)NCC(C)N1CCOCC1C. The molecular formula is C20H30FN5O. The highest BCUT2D eigenvalue weighted by Gasteiger charge is 2.23. The van der Waals surface area contributed by atoms with E-state index in [-0.39, 0.29) is 5.82 Å². The first kappa shape index (κ1) is 19.6. The number of morpholine rings is 1. The van der Waals surface area contributed by atoms with E-state index in [0.29, 0.717) is 12.1 Å².